The van der Waals surface area contributed by atoms with Gasteiger partial charge in [0, 0.05) is 0 Å². The SMILES string of the molecule is CCCCC(C(=O)OCOC(=O)C(CCCC)c1ccccc1)c1ccccc1. The van der Waals surface area contributed by atoms with Gasteiger partial charge in [0.15, 0.2) is 0 Å². The zero-order valence-corrected chi connectivity index (χ0v) is 17.5. The average Bonchev–Trinajstić information content (AvgIpc) is 2.76. The van der Waals surface area contributed by atoms with Gasteiger partial charge < -0.3 is 9.47 Å². The maximum Gasteiger partial charge on any atom is 0.316 e. The molecule has 4 heteroatoms. The van der Waals surface area contributed by atoms with Crippen LogP contribution in [-0.4, -0.2) is 18.7 Å². The average molecular weight is 397 g/mol. The van der Waals surface area contributed by atoms with E-state index in [1.165, 1.54) is 0 Å². The second-order valence-corrected chi connectivity index (χ2v) is 7.26. The predicted octanol–water partition coefficient (Wildman–Crippen LogP) is 5.98. The maximum absolute atomic E-state index is 12.6. The number of esters is 2. The van der Waals surface area contributed by atoms with Gasteiger partial charge in [-0.25, -0.2) is 0 Å². The second-order valence-electron chi connectivity index (χ2n) is 7.26. The van der Waals surface area contributed by atoms with E-state index < -0.39 is 0 Å². The fourth-order valence-electron chi connectivity index (χ4n) is 3.38. The molecule has 0 fully saturated rings. The molecule has 0 aliphatic rings. The summed E-state index contributed by atoms with van der Waals surface area (Å²) in [5, 5.41) is 0. The lowest BCUT2D eigenvalue weighted by atomic mass is 9.94. The van der Waals surface area contributed by atoms with Gasteiger partial charge in [-0.2, -0.15) is 0 Å². The van der Waals surface area contributed by atoms with Crippen molar-refractivity contribution in [2.75, 3.05) is 6.79 Å². The Morgan fingerprint density at radius 3 is 1.41 bits per heavy atom. The van der Waals surface area contributed by atoms with Crippen molar-refractivity contribution in [3.63, 3.8) is 0 Å². The molecule has 2 aromatic rings. The van der Waals surface area contributed by atoms with E-state index in [9.17, 15) is 9.59 Å². The molecule has 29 heavy (non-hydrogen) atoms. The molecular formula is C25H32O4. The van der Waals surface area contributed by atoms with Crippen molar-refractivity contribution >= 4 is 11.9 Å². The Kier molecular flexibility index (Phi) is 9.98. The molecule has 0 N–H and O–H groups in total. The monoisotopic (exact) mass is 396 g/mol. The van der Waals surface area contributed by atoms with Crippen molar-refractivity contribution < 1.29 is 19.1 Å². The second kappa shape index (κ2) is 12.8. The van der Waals surface area contributed by atoms with E-state index in [-0.39, 0.29) is 30.6 Å². The highest BCUT2D eigenvalue weighted by Gasteiger charge is 2.24. The summed E-state index contributed by atoms with van der Waals surface area (Å²) in [4.78, 5) is 25.3. The van der Waals surface area contributed by atoms with Crippen LogP contribution in [0.3, 0.4) is 0 Å². The van der Waals surface area contributed by atoms with Crippen LogP contribution in [0.5, 0.6) is 0 Å². The van der Waals surface area contributed by atoms with Crippen molar-refractivity contribution in [1.29, 1.82) is 0 Å². The molecule has 0 heterocycles. The first-order valence-electron chi connectivity index (χ1n) is 10.6. The van der Waals surface area contributed by atoms with Gasteiger partial charge in [-0.3, -0.25) is 9.59 Å². The number of hydrogen-bond acceptors (Lipinski definition) is 4. The third-order valence-corrected chi connectivity index (χ3v) is 5.07. The summed E-state index contributed by atoms with van der Waals surface area (Å²) in [6.07, 6.45) is 5.31. The zero-order chi connectivity index (χ0) is 20.9. The van der Waals surface area contributed by atoms with Crippen LogP contribution in [-0.2, 0) is 19.1 Å². The number of carbonyl (C=O) groups excluding carboxylic acids is 2. The highest BCUT2D eigenvalue weighted by Crippen LogP contribution is 2.25. The Balaban J connectivity index is 1.94. The quantitative estimate of drug-likeness (QED) is 0.327. The fourth-order valence-corrected chi connectivity index (χ4v) is 3.38. The Morgan fingerprint density at radius 2 is 1.07 bits per heavy atom. The van der Waals surface area contributed by atoms with Crippen LogP contribution < -0.4 is 0 Å². The maximum atomic E-state index is 12.6. The smallest absolute Gasteiger partial charge is 0.316 e. The van der Waals surface area contributed by atoms with E-state index in [1.807, 2.05) is 60.7 Å². The van der Waals surface area contributed by atoms with Crippen LogP contribution >= 0.6 is 0 Å². The van der Waals surface area contributed by atoms with E-state index in [0.29, 0.717) is 0 Å². The lowest BCUT2D eigenvalue weighted by molar-refractivity contribution is -0.169. The topological polar surface area (TPSA) is 52.6 Å². The van der Waals surface area contributed by atoms with Crippen molar-refractivity contribution in [2.24, 2.45) is 0 Å². The molecule has 0 aliphatic heterocycles. The summed E-state index contributed by atoms with van der Waals surface area (Å²) in [5.74, 6) is -1.36. The molecule has 0 radical (unpaired) electrons. The lowest BCUT2D eigenvalue weighted by Gasteiger charge is -2.18. The van der Waals surface area contributed by atoms with Crippen molar-refractivity contribution in [1.82, 2.24) is 0 Å². The number of carbonyl (C=O) groups is 2. The largest absolute Gasteiger partial charge is 0.427 e. The third kappa shape index (κ3) is 7.37. The Hall–Kier alpha value is -2.62. The molecule has 0 aromatic heterocycles. The van der Waals surface area contributed by atoms with Gasteiger partial charge >= 0.3 is 11.9 Å². The molecule has 0 saturated heterocycles. The summed E-state index contributed by atoms with van der Waals surface area (Å²) in [6, 6.07) is 19.3. The first kappa shape index (κ1) is 22.7. The summed E-state index contributed by atoms with van der Waals surface area (Å²) in [7, 11) is 0. The molecule has 0 saturated carbocycles. The molecule has 0 aliphatic carbocycles. The molecule has 156 valence electrons. The van der Waals surface area contributed by atoms with Crippen LogP contribution in [0.4, 0.5) is 0 Å². The normalized spacial score (nSPS) is 12.8. The Morgan fingerprint density at radius 1 is 0.690 bits per heavy atom. The minimum atomic E-state index is -0.345. The van der Waals surface area contributed by atoms with Crippen LogP contribution in [0.25, 0.3) is 0 Å². The van der Waals surface area contributed by atoms with Crippen molar-refractivity contribution in [2.45, 2.75) is 64.2 Å². The van der Waals surface area contributed by atoms with E-state index in [0.717, 1.165) is 49.7 Å². The van der Waals surface area contributed by atoms with Gasteiger partial charge in [0.05, 0.1) is 11.8 Å². The first-order chi connectivity index (χ1) is 14.2. The molecule has 2 rings (SSSR count). The molecular weight excluding hydrogens is 364 g/mol. The zero-order valence-electron chi connectivity index (χ0n) is 17.5. The predicted molar refractivity (Wildman–Crippen MR) is 114 cm³/mol. The molecule has 0 bridgehead atoms. The van der Waals surface area contributed by atoms with Gasteiger partial charge in [0.2, 0.25) is 6.79 Å². The van der Waals surface area contributed by atoms with Gasteiger partial charge in [0.1, 0.15) is 0 Å². The number of rotatable bonds is 12. The van der Waals surface area contributed by atoms with Gasteiger partial charge in [-0.05, 0) is 24.0 Å². The van der Waals surface area contributed by atoms with Crippen LogP contribution in [0.1, 0.15) is 75.3 Å². The van der Waals surface area contributed by atoms with E-state index in [4.69, 9.17) is 9.47 Å². The van der Waals surface area contributed by atoms with Crippen molar-refractivity contribution in [3.05, 3.63) is 71.8 Å². The number of ether oxygens (including phenoxy) is 2. The third-order valence-electron chi connectivity index (χ3n) is 5.07. The summed E-state index contributed by atoms with van der Waals surface area (Å²) >= 11 is 0. The minimum Gasteiger partial charge on any atom is -0.427 e. The summed E-state index contributed by atoms with van der Waals surface area (Å²) in [6.45, 7) is 3.84. The van der Waals surface area contributed by atoms with Gasteiger partial charge in [-0.1, -0.05) is 100 Å². The fraction of sp³-hybridized carbons (Fsp3) is 0.440. The molecule has 4 nitrogen and oxygen atoms in total. The minimum absolute atomic E-state index is 0.333. The Labute approximate surface area is 174 Å². The number of benzene rings is 2. The van der Waals surface area contributed by atoms with Crippen LogP contribution in [0.2, 0.25) is 0 Å². The number of unbranched alkanes of at least 4 members (excludes halogenated alkanes) is 2. The van der Waals surface area contributed by atoms with Crippen LogP contribution in [0.15, 0.2) is 60.7 Å². The molecule has 2 atom stereocenters. The van der Waals surface area contributed by atoms with Crippen molar-refractivity contribution in [3.8, 4) is 0 Å². The summed E-state index contributed by atoms with van der Waals surface area (Å²) < 4.78 is 10.7. The van der Waals surface area contributed by atoms with E-state index >= 15 is 0 Å². The van der Waals surface area contributed by atoms with Crippen LogP contribution in [0, 0.1) is 0 Å². The first-order valence-corrected chi connectivity index (χ1v) is 10.6. The lowest BCUT2D eigenvalue weighted by Crippen LogP contribution is -2.22. The molecule has 2 unspecified atom stereocenters. The Bertz CT molecular complexity index is 664. The van der Waals surface area contributed by atoms with Gasteiger partial charge in [-0.15, -0.1) is 0 Å². The molecule has 0 spiro atoms. The highest BCUT2D eigenvalue weighted by molar-refractivity contribution is 5.79. The highest BCUT2D eigenvalue weighted by atomic mass is 16.7. The molecule has 2 aromatic carbocycles. The van der Waals surface area contributed by atoms with E-state index in [2.05, 4.69) is 13.8 Å². The number of hydrogen-bond donors (Lipinski definition) is 0. The van der Waals surface area contributed by atoms with E-state index in [1.54, 1.807) is 0 Å². The molecule has 0 amide bonds. The summed E-state index contributed by atoms with van der Waals surface area (Å²) in [5.41, 5.74) is 1.87. The standard InChI is InChI=1S/C25H32O4/c1-3-5-17-22(20-13-9-7-10-14-20)24(26)28-19-29-25(27)23(18-6-4-2)21-15-11-8-12-16-21/h7-16,22-23H,3-6,17-19H2,1-2H3. The van der Waals surface area contributed by atoms with Gasteiger partial charge in [0.25, 0.3) is 0 Å².